The summed E-state index contributed by atoms with van der Waals surface area (Å²) in [6.07, 6.45) is 16.2. The van der Waals surface area contributed by atoms with E-state index in [1.807, 2.05) is 7.11 Å². The van der Waals surface area contributed by atoms with Crippen LogP contribution >= 0.6 is 0 Å². The zero-order valence-corrected chi connectivity index (χ0v) is 14.2. The van der Waals surface area contributed by atoms with E-state index in [2.05, 4.69) is 19.2 Å². The summed E-state index contributed by atoms with van der Waals surface area (Å²) in [7, 11) is 1.93. The number of nitrogens with one attached hydrogen (secondary N) is 1. The molecule has 1 unspecified atom stereocenters. The van der Waals surface area contributed by atoms with Crippen molar-refractivity contribution in [3.63, 3.8) is 0 Å². The van der Waals surface area contributed by atoms with Crippen molar-refractivity contribution in [1.82, 2.24) is 5.32 Å². The lowest BCUT2D eigenvalue weighted by Gasteiger charge is -2.43. The zero-order chi connectivity index (χ0) is 14.7. The van der Waals surface area contributed by atoms with Gasteiger partial charge < -0.3 is 10.1 Å². The molecule has 1 N–H and O–H groups in total. The number of ether oxygens (including phenoxy) is 1. The Morgan fingerprint density at radius 1 is 0.950 bits per heavy atom. The molecule has 1 aliphatic rings. The van der Waals surface area contributed by atoms with Crippen LogP contribution in [-0.2, 0) is 4.74 Å². The molecule has 2 heteroatoms. The van der Waals surface area contributed by atoms with Crippen LogP contribution in [0.5, 0.6) is 0 Å². The Morgan fingerprint density at radius 3 is 2.20 bits per heavy atom. The van der Waals surface area contributed by atoms with E-state index in [9.17, 15) is 0 Å². The molecule has 0 spiro atoms. The van der Waals surface area contributed by atoms with Crippen molar-refractivity contribution < 1.29 is 4.74 Å². The summed E-state index contributed by atoms with van der Waals surface area (Å²) in [5.74, 6) is 0. The molecule has 0 aromatic heterocycles. The van der Waals surface area contributed by atoms with Crippen molar-refractivity contribution in [2.75, 3.05) is 13.7 Å². The van der Waals surface area contributed by atoms with Gasteiger partial charge in [-0.3, -0.25) is 0 Å². The zero-order valence-electron chi connectivity index (χ0n) is 14.2. The minimum Gasteiger partial charge on any atom is -0.377 e. The predicted octanol–water partition coefficient (Wildman–Crippen LogP) is 5.06. The summed E-state index contributed by atoms with van der Waals surface area (Å²) in [4.78, 5) is 0. The quantitative estimate of drug-likeness (QED) is 0.535. The van der Waals surface area contributed by atoms with Crippen LogP contribution in [0.4, 0.5) is 0 Å². The third kappa shape index (κ3) is 5.73. The Labute approximate surface area is 127 Å². The van der Waals surface area contributed by atoms with Crippen LogP contribution in [0.25, 0.3) is 0 Å². The molecule has 1 fully saturated rings. The number of hydrogen-bond donors (Lipinski definition) is 1. The van der Waals surface area contributed by atoms with Gasteiger partial charge in [0.05, 0.1) is 5.60 Å². The van der Waals surface area contributed by atoms with E-state index in [0.29, 0.717) is 6.04 Å². The molecule has 0 bridgehead atoms. The third-order valence-corrected chi connectivity index (χ3v) is 5.04. The lowest BCUT2D eigenvalue weighted by molar-refractivity contribution is -0.0694. The molecule has 0 heterocycles. The summed E-state index contributed by atoms with van der Waals surface area (Å²) in [5.41, 5.74) is 0.123. The maximum absolute atomic E-state index is 6.03. The van der Waals surface area contributed by atoms with Crippen LogP contribution in [0, 0.1) is 0 Å². The van der Waals surface area contributed by atoms with E-state index >= 15 is 0 Å². The third-order valence-electron chi connectivity index (χ3n) is 5.04. The highest BCUT2D eigenvalue weighted by Crippen LogP contribution is 2.35. The number of unbranched alkanes of at least 4 members (excludes halogenated alkanes) is 5. The summed E-state index contributed by atoms with van der Waals surface area (Å²) < 4.78 is 6.03. The average molecular weight is 284 g/mol. The largest absolute Gasteiger partial charge is 0.377 e. The van der Waals surface area contributed by atoms with Gasteiger partial charge in [0.2, 0.25) is 0 Å². The van der Waals surface area contributed by atoms with Crippen LogP contribution in [0.2, 0.25) is 0 Å². The smallest absolute Gasteiger partial charge is 0.0830 e. The van der Waals surface area contributed by atoms with E-state index in [-0.39, 0.29) is 5.60 Å². The Morgan fingerprint density at radius 2 is 1.60 bits per heavy atom. The van der Waals surface area contributed by atoms with Crippen molar-refractivity contribution in [3.05, 3.63) is 0 Å². The summed E-state index contributed by atoms with van der Waals surface area (Å²) in [6, 6.07) is 0.559. The fraction of sp³-hybridized carbons (Fsp3) is 1.00. The number of methoxy groups -OCH3 is 1. The average Bonchev–Trinajstić information content (AvgIpc) is 2.50. The molecular formula is C18H37NO. The molecule has 20 heavy (non-hydrogen) atoms. The maximum atomic E-state index is 6.03. The van der Waals surface area contributed by atoms with Crippen LogP contribution < -0.4 is 5.32 Å². The van der Waals surface area contributed by atoms with Crippen molar-refractivity contribution in [2.45, 2.75) is 103 Å². The van der Waals surface area contributed by atoms with Crippen LogP contribution in [0.1, 0.15) is 90.9 Å². The number of rotatable bonds is 11. The molecule has 120 valence electrons. The molecule has 0 radical (unpaired) electrons. The Bertz CT molecular complexity index is 223. The highest BCUT2D eigenvalue weighted by Gasteiger charge is 2.39. The second kappa shape index (κ2) is 10.6. The molecule has 0 aliphatic heterocycles. The van der Waals surface area contributed by atoms with Crippen molar-refractivity contribution >= 4 is 0 Å². The minimum atomic E-state index is 0.123. The SMILES string of the molecule is CCCCCCCCC(NCC)C1(OC)CCCCC1. The monoisotopic (exact) mass is 283 g/mol. The van der Waals surface area contributed by atoms with E-state index in [1.165, 1.54) is 77.0 Å². The van der Waals surface area contributed by atoms with Crippen LogP contribution in [-0.4, -0.2) is 25.3 Å². The molecule has 1 atom stereocenters. The first-order valence-electron chi connectivity index (χ1n) is 9.07. The minimum absolute atomic E-state index is 0.123. The molecular weight excluding hydrogens is 246 g/mol. The Balaban J connectivity index is 2.37. The van der Waals surface area contributed by atoms with Crippen LogP contribution in [0.15, 0.2) is 0 Å². The normalized spacial score (nSPS) is 19.9. The first-order valence-corrected chi connectivity index (χ1v) is 9.07. The molecule has 0 aromatic rings. The second-order valence-corrected chi connectivity index (χ2v) is 6.50. The second-order valence-electron chi connectivity index (χ2n) is 6.50. The van der Waals surface area contributed by atoms with Crippen molar-refractivity contribution in [2.24, 2.45) is 0 Å². The van der Waals surface area contributed by atoms with Crippen molar-refractivity contribution in [1.29, 1.82) is 0 Å². The van der Waals surface area contributed by atoms with Gasteiger partial charge in [0.25, 0.3) is 0 Å². The van der Waals surface area contributed by atoms with Gasteiger partial charge in [-0.2, -0.15) is 0 Å². The van der Waals surface area contributed by atoms with E-state index < -0.39 is 0 Å². The lowest BCUT2D eigenvalue weighted by Crippen LogP contribution is -2.53. The molecule has 0 aromatic carbocycles. The van der Waals surface area contributed by atoms with Gasteiger partial charge in [0.15, 0.2) is 0 Å². The van der Waals surface area contributed by atoms with Crippen molar-refractivity contribution in [3.8, 4) is 0 Å². The van der Waals surface area contributed by atoms with Gasteiger partial charge in [-0.15, -0.1) is 0 Å². The molecule has 1 rings (SSSR count). The highest BCUT2D eigenvalue weighted by molar-refractivity contribution is 4.95. The fourth-order valence-electron chi connectivity index (χ4n) is 3.77. The summed E-state index contributed by atoms with van der Waals surface area (Å²) >= 11 is 0. The molecule has 1 saturated carbocycles. The van der Waals surface area contributed by atoms with E-state index in [4.69, 9.17) is 4.74 Å². The lowest BCUT2D eigenvalue weighted by atomic mass is 9.77. The molecule has 1 aliphatic carbocycles. The Hall–Kier alpha value is -0.0800. The van der Waals surface area contributed by atoms with Gasteiger partial charge >= 0.3 is 0 Å². The highest BCUT2D eigenvalue weighted by atomic mass is 16.5. The predicted molar refractivity (Wildman–Crippen MR) is 88.3 cm³/mol. The van der Waals surface area contributed by atoms with Gasteiger partial charge in [-0.05, 0) is 25.8 Å². The van der Waals surface area contributed by atoms with E-state index in [0.717, 1.165) is 6.54 Å². The van der Waals surface area contributed by atoms with E-state index in [1.54, 1.807) is 0 Å². The Kier molecular flexibility index (Phi) is 9.54. The van der Waals surface area contributed by atoms with Gasteiger partial charge in [0.1, 0.15) is 0 Å². The molecule has 0 saturated heterocycles. The standard InChI is InChI=1S/C18H37NO/c1-4-6-7-8-9-11-14-17(19-5-2)18(20-3)15-12-10-13-16-18/h17,19H,4-16H2,1-3H3. The maximum Gasteiger partial charge on any atom is 0.0830 e. The fourth-order valence-corrected chi connectivity index (χ4v) is 3.77. The summed E-state index contributed by atoms with van der Waals surface area (Å²) in [5, 5.41) is 3.72. The summed E-state index contributed by atoms with van der Waals surface area (Å²) in [6.45, 7) is 5.57. The number of hydrogen-bond acceptors (Lipinski definition) is 2. The number of likely N-dealkylation sites (N-methyl/N-ethyl adjacent to an activating group) is 1. The first-order chi connectivity index (χ1) is 9.79. The van der Waals surface area contributed by atoms with Gasteiger partial charge in [0, 0.05) is 13.2 Å². The van der Waals surface area contributed by atoms with Crippen LogP contribution in [0.3, 0.4) is 0 Å². The molecule has 2 nitrogen and oxygen atoms in total. The van der Waals surface area contributed by atoms with Gasteiger partial charge in [-0.1, -0.05) is 71.6 Å². The van der Waals surface area contributed by atoms with Gasteiger partial charge in [-0.25, -0.2) is 0 Å². The molecule has 0 amide bonds. The topological polar surface area (TPSA) is 21.3 Å². The first kappa shape index (κ1) is 18.0.